The third-order valence-electron chi connectivity index (χ3n) is 3.78. The van der Waals surface area contributed by atoms with E-state index in [1.165, 1.54) is 30.4 Å². The third kappa shape index (κ3) is 3.04. The van der Waals surface area contributed by atoms with Gasteiger partial charge in [-0.3, -0.25) is 0 Å². The van der Waals surface area contributed by atoms with Gasteiger partial charge in [0.25, 0.3) is 0 Å². The maximum absolute atomic E-state index is 6.14. The minimum Gasteiger partial charge on any atom is -0.488 e. The molecule has 1 aliphatic rings. The van der Waals surface area contributed by atoms with Crippen molar-refractivity contribution in [3.8, 4) is 5.75 Å². The number of ether oxygens (including phenoxy) is 1. The van der Waals surface area contributed by atoms with Crippen molar-refractivity contribution < 1.29 is 4.74 Å². The molecule has 2 N–H and O–H groups in total. The van der Waals surface area contributed by atoms with E-state index in [2.05, 4.69) is 18.2 Å². The summed E-state index contributed by atoms with van der Waals surface area (Å²) in [5.41, 5.74) is 10.4. The summed E-state index contributed by atoms with van der Waals surface area (Å²) < 4.78 is 5.87. The van der Waals surface area contributed by atoms with Crippen LogP contribution in [0.25, 0.3) is 0 Å². The van der Waals surface area contributed by atoms with Crippen LogP contribution in [0.2, 0.25) is 5.02 Å². The van der Waals surface area contributed by atoms with Gasteiger partial charge in [-0.2, -0.15) is 0 Å². The van der Waals surface area contributed by atoms with Gasteiger partial charge in [-0.1, -0.05) is 48.1 Å². The van der Waals surface area contributed by atoms with Crippen LogP contribution in [0.1, 0.15) is 28.7 Å². The van der Waals surface area contributed by atoms with E-state index in [0.717, 1.165) is 5.56 Å². The van der Waals surface area contributed by atoms with Crippen LogP contribution in [0.5, 0.6) is 5.75 Å². The molecule has 0 unspecified atom stereocenters. The van der Waals surface area contributed by atoms with Gasteiger partial charge in [0.1, 0.15) is 17.3 Å². The molecule has 2 aromatic carbocycles. The molecule has 21 heavy (non-hydrogen) atoms. The minimum atomic E-state index is 0.254. The first-order valence-electron chi connectivity index (χ1n) is 6.97. The molecule has 1 aliphatic carbocycles. The van der Waals surface area contributed by atoms with Crippen molar-refractivity contribution in [2.75, 3.05) is 0 Å². The highest BCUT2D eigenvalue weighted by Crippen LogP contribution is 2.28. The molecule has 2 nitrogen and oxygen atoms in total. The summed E-state index contributed by atoms with van der Waals surface area (Å²) in [4.78, 5) is 0.254. The molecule has 0 bridgehead atoms. The lowest BCUT2D eigenvalue weighted by molar-refractivity contribution is 0.305. The molecule has 3 rings (SSSR count). The second-order valence-corrected chi connectivity index (χ2v) is 6.07. The molecule has 0 fully saturated rings. The van der Waals surface area contributed by atoms with Gasteiger partial charge >= 0.3 is 0 Å². The fourth-order valence-corrected chi connectivity index (χ4v) is 3.27. The van der Waals surface area contributed by atoms with Gasteiger partial charge in [0.15, 0.2) is 0 Å². The topological polar surface area (TPSA) is 35.2 Å². The number of thiocarbonyl (C=S) groups is 1. The number of benzene rings is 2. The highest BCUT2D eigenvalue weighted by molar-refractivity contribution is 7.80. The van der Waals surface area contributed by atoms with Crippen molar-refractivity contribution in [2.24, 2.45) is 5.73 Å². The second kappa shape index (κ2) is 6.04. The average molecular weight is 318 g/mol. The largest absolute Gasteiger partial charge is 0.488 e. The summed E-state index contributed by atoms with van der Waals surface area (Å²) in [5, 5.41) is 0.522. The Morgan fingerprint density at radius 2 is 2.00 bits per heavy atom. The zero-order chi connectivity index (χ0) is 14.8. The molecular weight excluding hydrogens is 302 g/mol. The molecule has 108 valence electrons. The Balaban J connectivity index is 1.79. The third-order valence-corrected chi connectivity index (χ3v) is 4.30. The van der Waals surface area contributed by atoms with E-state index in [0.29, 0.717) is 22.9 Å². The van der Waals surface area contributed by atoms with Crippen LogP contribution in [0.4, 0.5) is 0 Å². The first-order chi connectivity index (χ1) is 10.1. The van der Waals surface area contributed by atoms with Crippen molar-refractivity contribution in [1.82, 2.24) is 0 Å². The van der Waals surface area contributed by atoms with E-state index in [1.807, 2.05) is 12.1 Å². The molecule has 0 radical (unpaired) electrons. The van der Waals surface area contributed by atoms with Gasteiger partial charge < -0.3 is 10.5 Å². The molecule has 2 aromatic rings. The second-order valence-electron chi connectivity index (χ2n) is 5.22. The molecular formula is C17H16ClNOS. The summed E-state index contributed by atoms with van der Waals surface area (Å²) in [5.74, 6) is 0.635. The van der Waals surface area contributed by atoms with Crippen molar-refractivity contribution >= 4 is 28.8 Å². The number of rotatable bonds is 4. The summed E-state index contributed by atoms with van der Waals surface area (Å²) in [7, 11) is 0. The lowest BCUT2D eigenvalue weighted by Gasteiger charge is -2.12. The lowest BCUT2D eigenvalue weighted by Crippen LogP contribution is -2.12. The number of fused-ring (bicyclic) bond motifs is 1. The van der Waals surface area contributed by atoms with Crippen molar-refractivity contribution in [1.29, 1.82) is 0 Å². The number of halogens is 1. The Hall–Kier alpha value is -1.58. The summed E-state index contributed by atoms with van der Waals surface area (Å²) in [6.07, 6.45) is 3.61. The first kappa shape index (κ1) is 14.4. The fraction of sp³-hybridized carbons (Fsp3) is 0.235. The summed E-state index contributed by atoms with van der Waals surface area (Å²) in [6, 6.07) is 12.0. The highest BCUT2D eigenvalue weighted by Gasteiger charge is 2.13. The van der Waals surface area contributed by atoms with Gasteiger partial charge in [-0.05, 0) is 48.1 Å². The highest BCUT2D eigenvalue weighted by atomic mass is 35.5. The number of hydrogen-bond donors (Lipinski definition) is 1. The quantitative estimate of drug-likeness (QED) is 0.864. The predicted octanol–water partition coefficient (Wildman–Crippen LogP) is 4.04. The smallest absolute Gasteiger partial charge is 0.131 e. The summed E-state index contributed by atoms with van der Waals surface area (Å²) >= 11 is 11.2. The molecule has 0 atom stereocenters. The summed E-state index contributed by atoms with van der Waals surface area (Å²) in [6.45, 7) is 0.489. The van der Waals surface area contributed by atoms with E-state index in [1.54, 1.807) is 6.07 Å². The van der Waals surface area contributed by atoms with Gasteiger partial charge in [0.2, 0.25) is 0 Å². The molecule has 4 heteroatoms. The Labute approximate surface area is 134 Å². The average Bonchev–Trinajstić information content (AvgIpc) is 2.92. The maximum Gasteiger partial charge on any atom is 0.131 e. The maximum atomic E-state index is 6.14. The molecule has 0 saturated heterocycles. The van der Waals surface area contributed by atoms with Crippen LogP contribution >= 0.6 is 23.8 Å². The van der Waals surface area contributed by atoms with E-state index < -0.39 is 0 Å². The minimum absolute atomic E-state index is 0.254. The lowest BCUT2D eigenvalue weighted by atomic mass is 10.1. The van der Waals surface area contributed by atoms with Gasteiger partial charge in [0.05, 0.1) is 10.6 Å². The van der Waals surface area contributed by atoms with Crippen LogP contribution < -0.4 is 10.5 Å². The molecule has 0 heterocycles. The van der Waals surface area contributed by atoms with E-state index in [9.17, 15) is 0 Å². The number of nitrogens with two attached hydrogens (primary N) is 1. The molecule has 0 spiro atoms. The molecule has 0 amide bonds. The normalized spacial score (nSPS) is 13.0. The number of hydrogen-bond acceptors (Lipinski definition) is 2. The monoisotopic (exact) mass is 317 g/mol. The Morgan fingerprint density at radius 1 is 1.19 bits per heavy atom. The Kier molecular flexibility index (Phi) is 4.13. The predicted molar refractivity (Wildman–Crippen MR) is 90.1 cm³/mol. The van der Waals surface area contributed by atoms with Crippen LogP contribution in [-0.4, -0.2) is 4.99 Å². The van der Waals surface area contributed by atoms with Crippen molar-refractivity contribution in [3.63, 3.8) is 0 Å². The molecule has 0 aliphatic heterocycles. The standard InChI is InChI=1S/C17H16ClNOS/c18-14-5-2-6-15(16(14)17(19)21)20-10-11-7-8-12-3-1-4-13(12)9-11/h2,5-9H,1,3-4,10H2,(H2,19,21). The van der Waals surface area contributed by atoms with Gasteiger partial charge in [-0.15, -0.1) is 0 Å². The van der Waals surface area contributed by atoms with Crippen LogP contribution in [0.3, 0.4) is 0 Å². The Morgan fingerprint density at radius 3 is 2.81 bits per heavy atom. The first-order valence-corrected chi connectivity index (χ1v) is 7.75. The zero-order valence-corrected chi connectivity index (χ0v) is 13.1. The van der Waals surface area contributed by atoms with E-state index >= 15 is 0 Å². The van der Waals surface area contributed by atoms with Crippen molar-refractivity contribution in [3.05, 3.63) is 63.7 Å². The van der Waals surface area contributed by atoms with Crippen molar-refractivity contribution in [2.45, 2.75) is 25.9 Å². The Bertz CT molecular complexity index is 699. The molecule has 0 aromatic heterocycles. The van der Waals surface area contributed by atoms with Crippen LogP contribution in [0.15, 0.2) is 36.4 Å². The van der Waals surface area contributed by atoms with E-state index in [4.69, 9.17) is 34.3 Å². The SMILES string of the molecule is NC(=S)c1c(Cl)cccc1OCc1ccc2c(c1)CCC2. The zero-order valence-electron chi connectivity index (χ0n) is 11.6. The van der Waals surface area contributed by atoms with Crippen LogP contribution in [0, 0.1) is 0 Å². The van der Waals surface area contributed by atoms with Crippen LogP contribution in [-0.2, 0) is 19.4 Å². The molecule has 0 saturated carbocycles. The van der Waals surface area contributed by atoms with Gasteiger partial charge in [-0.25, -0.2) is 0 Å². The fourth-order valence-electron chi connectivity index (χ4n) is 2.74. The van der Waals surface area contributed by atoms with E-state index in [-0.39, 0.29) is 4.99 Å². The number of aryl methyl sites for hydroxylation is 2. The van der Waals surface area contributed by atoms with Gasteiger partial charge in [0, 0.05) is 0 Å².